The van der Waals surface area contributed by atoms with Crippen LogP contribution in [0.2, 0.25) is 0 Å². The predicted octanol–water partition coefficient (Wildman–Crippen LogP) is 5.10. The fourth-order valence-corrected chi connectivity index (χ4v) is 4.73. The Morgan fingerprint density at radius 1 is 1.00 bits per heavy atom. The van der Waals surface area contributed by atoms with Gasteiger partial charge in [-0.05, 0) is 48.0 Å². The van der Waals surface area contributed by atoms with E-state index in [-0.39, 0.29) is 17.0 Å². The first kappa shape index (κ1) is 25.3. The fraction of sp³-hybridized carbons (Fsp3) is 0.208. The molecule has 0 spiro atoms. The Morgan fingerprint density at radius 3 is 2.24 bits per heavy atom. The van der Waals surface area contributed by atoms with Gasteiger partial charge in [-0.3, -0.25) is 4.79 Å². The summed E-state index contributed by atoms with van der Waals surface area (Å²) in [4.78, 5) is 12.9. The SMILES string of the molecule is COc1ccc([C@H](CC(=O)Nc2cccc(C(F)(F)F)c2)N(C)S(=O)(=O)c2ccccc2)cc1. The molecule has 0 unspecified atom stereocenters. The van der Waals surface area contributed by atoms with Crippen LogP contribution in [0.25, 0.3) is 0 Å². The summed E-state index contributed by atoms with van der Waals surface area (Å²) in [5.41, 5.74) is -0.426. The zero-order chi connectivity index (χ0) is 24.9. The maximum Gasteiger partial charge on any atom is 0.416 e. The van der Waals surface area contributed by atoms with Crippen LogP contribution >= 0.6 is 0 Å². The van der Waals surface area contributed by atoms with Crippen LogP contribution in [0.15, 0.2) is 83.8 Å². The molecule has 0 aliphatic carbocycles. The van der Waals surface area contributed by atoms with Crippen molar-refractivity contribution in [3.05, 3.63) is 90.0 Å². The number of sulfonamides is 1. The molecule has 0 bridgehead atoms. The first-order valence-electron chi connectivity index (χ1n) is 10.2. The molecule has 6 nitrogen and oxygen atoms in total. The van der Waals surface area contributed by atoms with Crippen LogP contribution in [0, 0.1) is 0 Å². The molecule has 3 aromatic carbocycles. The average Bonchev–Trinajstić information content (AvgIpc) is 2.82. The van der Waals surface area contributed by atoms with Crippen molar-refractivity contribution in [2.45, 2.75) is 23.5 Å². The lowest BCUT2D eigenvalue weighted by Gasteiger charge is -2.28. The Morgan fingerprint density at radius 2 is 1.65 bits per heavy atom. The average molecular weight is 493 g/mol. The second-order valence-electron chi connectivity index (χ2n) is 7.45. The Kier molecular flexibility index (Phi) is 7.63. The highest BCUT2D eigenvalue weighted by molar-refractivity contribution is 7.89. The number of rotatable bonds is 8. The van der Waals surface area contributed by atoms with Crippen molar-refractivity contribution in [3.63, 3.8) is 0 Å². The van der Waals surface area contributed by atoms with Crippen molar-refractivity contribution < 1.29 is 31.1 Å². The molecule has 1 N–H and O–H groups in total. The third-order valence-corrected chi connectivity index (χ3v) is 7.09. The normalized spacial score (nSPS) is 12.9. The van der Waals surface area contributed by atoms with Crippen molar-refractivity contribution in [1.82, 2.24) is 4.31 Å². The van der Waals surface area contributed by atoms with Gasteiger partial charge in [-0.1, -0.05) is 36.4 Å². The van der Waals surface area contributed by atoms with Gasteiger partial charge in [0.1, 0.15) is 5.75 Å². The number of benzene rings is 3. The predicted molar refractivity (Wildman–Crippen MR) is 122 cm³/mol. The second-order valence-corrected chi connectivity index (χ2v) is 9.45. The lowest BCUT2D eigenvalue weighted by Crippen LogP contribution is -2.33. The monoisotopic (exact) mass is 492 g/mol. The molecule has 3 rings (SSSR count). The number of hydrogen-bond acceptors (Lipinski definition) is 4. The van der Waals surface area contributed by atoms with E-state index < -0.39 is 33.7 Å². The largest absolute Gasteiger partial charge is 0.497 e. The number of nitrogens with zero attached hydrogens (tertiary/aromatic N) is 1. The minimum atomic E-state index is -4.56. The zero-order valence-electron chi connectivity index (χ0n) is 18.4. The lowest BCUT2D eigenvalue weighted by atomic mass is 10.0. The van der Waals surface area contributed by atoms with E-state index in [1.807, 2.05) is 0 Å². The molecular weight excluding hydrogens is 469 g/mol. The van der Waals surface area contributed by atoms with Crippen LogP contribution in [0.5, 0.6) is 5.75 Å². The van der Waals surface area contributed by atoms with Gasteiger partial charge in [0.15, 0.2) is 0 Å². The number of halogens is 3. The summed E-state index contributed by atoms with van der Waals surface area (Å²) in [5.74, 6) is -0.0975. The molecule has 0 radical (unpaired) electrons. The summed E-state index contributed by atoms with van der Waals surface area (Å²) in [6.45, 7) is 0. The van der Waals surface area contributed by atoms with Crippen LogP contribution in [0.1, 0.15) is 23.6 Å². The maximum atomic E-state index is 13.2. The number of amides is 1. The van der Waals surface area contributed by atoms with Crippen molar-refractivity contribution in [2.24, 2.45) is 0 Å². The van der Waals surface area contributed by atoms with E-state index >= 15 is 0 Å². The minimum absolute atomic E-state index is 0.0399. The van der Waals surface area contributed by atoms with Gasteiger partial charge in [0.25, 0.3) is 0 Å². The standard InChI is InChI=1S/C24H23F3N2O4S/c1-29(34(31,32)21-9-4-3-5-10-21)22(17-11-13-20(33-2)14-12-17)16-23(30)28-19-8-6-7-18(15-19)24(25,26)27/h3-15,22H,16H2,1-2H3,(H,28,30)/t22-/m0/s1. The van der Waals surface area contributed by atoms with E-state index in [9.17, 15) is 26.4 Å². The highest BCUT2D eigenvalue weighted by atomic mass is 32.2. The summed E-state index contributed by atoms with van der Waals surface area (Å²) < 4.78 is 71.6. The van der Waals surface area contributed by atoms with Crippen molar-refractivity contribution in [2.75, 3.05) is 19.5 Å². The maximum absolute atomic E-state index is 13.2. The first-order valence-corrected chi connectivity index (χ1v) is 11.6. The van der Waals surface area contributed by atoms with Crippen molar-refractivity contribution in [3.8, 4) is 5.75 Å². The first-order chi connectivity index (χ1) is 16.0. The number of anilines is 1. The molecule has 10 heteroatoms. The van der Waals surface area contributed by atoms with E-state index in [0.29, 0.717) is 11.3 Å². The quantitative estimate of drug-likeness (QED) is 0.475. The highest BCUT2D eigenvalue weighted by Gasteiger charge is 2.32. The summed E-state index contributed by atoms with van der Waals surface area (Å²) in [7, 11) is -1.13. The third-order valence-electron chi connectivity index (χ3n) is 5.21. The topological polar surface area (TPSA) is 75.7 Å². The molecule has 0 aliphatic rings. The third kappa shape index (κ3) is 5.95. The molecule has 0 aromatic heterocycles. The van der Waals surface area contributed by atoms with Crippen LogP contribution in [0.3, 0.4) is 0 Å². The number of carbonyl (C=O) groups excluding carboxylic acids is 1. The molecule has 0 aliphatic heterocycles. The Bertz CT molecular complexity index is 1230. The van der Waals surface area contributed by atoms with Gasteiger partial charge < -0.3 is 10.1 Å². The van der Waals surface area contributed by atoms with E-state index in [0.717, 1.165) is 16.4 Å². The van der Waals surface area contributed by atoms with Gasteiger partial charge in [0.05, 0.1) is 23.6 Å². The van der Waals surface area contributed by atoms with Crippen LogP contribution < -0.4 is 10.1 Å². The number of hydrogen-bond donors (Lipinski definition) is 1. The number of alkyl halides is 3. The fourth-order valence-electron chi connectivity index (χ4n) is 3.37. The number of nitrogens with one attached hydrogen (secondary N) is 1. The van der Waals surface area contributed by atoms with Gasteiger partial charge in [0.2, 0.25) is 15.9 Å². The number of ether oxygens (including phenoxy) is 1. The summed E-state index contributed by atoms with van der Waals surface area (Å²) >= 11 is 0. The molecule has 180 valence electrons. The van der Waals surface area contributed by atoms with Crippen molar-refractivity contribution in [1.29, 1.82) is 0 Å². The molecule has 34 heavy (non-hydrogen) atoms. The second kappa shape index (κ2) is 10.3. The molecule has 1 atom stereocenters. The van der Waals surface area contributed by atoms with Crippen LogP contribution in [-0.4, -0.2) is 32.8 Å². The van der Waals surface area contributed by atoms with Gasteiger partial charge in [-0.15, -0.1) is 0 Å². The van der Waals surface area contributed by atoms with Gasteiger partial charge >= 0.3 is 6.18 Å². The molecular formula is C24H23F3N2O4S. The van der Waals surface area contributed by atoms with E-state index in [4.69, 9.17) is 4.74 Å². The Hall–Kier alpha value is -3.37. The molecule has 0 fully saturated rings. The van der Waals surface area contributed by atoms with Crippen LogP contribution in [0.4, 0.5) is 18.9 Å². The minimum Gasteiger partial charge on any atom is -0.497 e. The number of methoxy groups -OCH3 is 1. The van der Waals surface area contributed by atoms with E-state index in [1.54, 1.807) is 42.5 Å². The zero-order valence-corrected chi connectivity index (χ0v) is 19.2. The lowest BCUT2D eigenvalue weighted by molar-refractivity contribution is -0.137. The summed E-state index contributed by atoms with van der Waals surface area (Å²) in [6.07, 6.45) is -4.89. The molecule has 1 amide bonds. The van der Waals surface area contributed by atoms with Gasteiger partial charge in [-0.25, -0.2) is 8.42 Å². The van der Waals surface area contributed by atoms with Crippen molar-refractivity contribution >= 4 is 21.6 Å². The van der Waals surface area contributed by atoms with E-state index in [2.05, 4.69) is 5.32 Å². The molecule has 0 heterocycles. The molecule has 0 saturated heterocycles. The number of carbonyl (C=O) groups is 1. The van der Waals surface area contributed by atoms with Crippen LogP contribution in [-0.2, 0) is 21.0 Å². The molecule has 0 saturated carbocycles. The Labute approximate surface area is 196 Å². The van der Waals surface area contributed by atoms with E-state index in [1.165, 1.54) is 38.4 Å². The summed E-state index contributed by atoms with van der Waals surface area (Å²) in [6, 6.07) is 17.6. The molecule has 3 aromatic rings. The highest BCUT2D eigenvalue weighted by Crippen LogP contribution is 2.32. The Balaban J connectivity index is 1.90. The smallest absolute Gasteiger partial charge is 0.416 e. The summed E-state index contributed by atoms with van der Waals surface area (Å²) in [5, 5.41) is 2.44. The van der Waals surface area contributed by atoms with Gasteiger partial charge in [0, 0.05) is 19.2 Å². The van der Waals surface area contributed by atoms with Gasteiger partial charge in [-0.2, -0.15) is 17.5 Å².